The minimum absolute atomic E-state index is 0.000700. The topological polar surface area (TPSA) is 37.3 Å². The summed E-state index contributed by atoms with van der Waals surface area (Å²) in [5, 5.41) is 11.7. The molecule has 1 saturated carbocycles. The van der Waals surface area contributed by atoms with Crippen LogP contribution in [0.5, 0.6) is 0 Å². The Bertz CT molecular complexity index is 893. The van der Waals surface area contributed by atoms with E-state index in [0.29, 0.717) is 16.4 Å². The number of carbonyl (C=O) groups excluding carboxylic acids is 1. The second-order valence-electron chi connectivity index (χ2n) is 7.20. The van der Waals surface area contributed by atoms with E-state index in [9.17, 15) is 9.90 Å². The fourth-order valence-corrected chi connectivity index (χ4v) is 5.49. The average Bonchev–Trinajstić information content (AvgIpc) is 2.87. The maximum Gasteiger partial charge on any atom is 0.224 e. The molecule has 0 amide bonds. The number of hydrogen-bond acceptors (Lipinski definition) is 3. The minimum atomic E-state index is -0.395. The third-order valence-corrected chi connectivity index (χ3v) is 7.14. The number of aliphatic hydroxyl groups is 1. The van der Waals surface area contributed by atoms with Gasteiger partial charge in [-0.05, 0) is 60.2 Å². The Morgan fingerprint density at radius 3 is 2.35 bits per heavy atom. The molecule has 0 bridgehead atoms. The van der Waals surface area contributed by atoms with Gasteiger partial charge in [-0.25, -0.2) is 0 Å². The van der Waals surface area contributed by atoms with E-state index in [4.69, 9.17) is 11.6 Å². The molecule has 1 aliphatic carbocycles. The van der Waals surface area contributed by atoms with E-state index in [-0.39, 0.29) is 5.12 Å². The van der Waals surface area contributed by atoms with Crippen molar-refractivity contribution in [3.05, 3.63) is 64.4 Å². The van der Waals surface area contributed by atoms with Crippen LogP contribution in [0.25, 0.3) is 16.7 Å². The third-order valence-electron chi connectivity index (χ3n) is 5.51. The molecule has 1 aliphatic heterocycles. The van der Waals surface area contributed by atoms with Gasteiger partial charge >= 0.3 is 0 Å². The Morgan fingerprint density at radius 2 is 1.65 bits per heavy atom. The molecule has 1 N–H and O–H groups in total. The maximum absolute atomic E-state index is 12.8. The molecule has 0 saturated heterocycles. The molecule has 134 valence electrons. The van der Waals surface area contributed by atoms with Crippen LogP contribution in [-0.2, 0) is 4.79 Å². The van der Waals surface area contributed by atoms with Crippen molar-refractivity contribution < 1.29 is 9.90 Å². The molecule has 1 fully saturated rings. The fourth-order valence-electron chi connectivity index (χ4n) is 4.01. The van der Waals surface area contributed by atoms with Crippen LogP contribution in [0.2, 0.25) is 5.02 Å². The van der Waals surface area contributed by atoms with E-state index in [1.165, 1.54) is 18.2 Å². The average molecular weight is 385 g/mol. The first-order valence-electron chi connectivity index (χ1n) is 9.04. The van der Waals surface area contributed by atoms with E-state index < -0.39 is 4.75 Å². The van der Waals surface area contributed by atoms with Crippen LogP contribution in [0.3, 0.4) is 0 Å². The molecule has 4 rings (SSSR count). The van der Waals surface area contributed by atoms with Gasteiger partial charge in [0.15, 0.2) is 0 Å². The molecule has 2 aliphatic rings. The van der Waals surface area contributed by atoms with Gasteiger partial charge in [-0.15, -0.1) is 0 Å². The lowest BCUT2D eigenvalue weighted by molar-refractivity contribution is -0.106. The van der Waals surface area contributed by atoms with Gasteiger partial charge in [0.2, 0.25) is 5.12 Å². The largest absolute Gasteiger partial charge is 0.510 e. The normalized spacial score (nSPS) is 19.4. The van der Waals surface area contributed by atoms with Crippen molar-refractivity contribution in [2.45, 2.75) is 43.8 Å². The highest BCUT2D eigenvalue weighted by atomic mass is 35.5. The summed E-state index contributed by atoms with van der Waals surface area (Å²) < 4.78 is -0.395. The first kappa shape index (κ1) is 17.7. The predicted molar refractivity (Wildman–Crippen MR) is 110 cm³/mol. The van der Waals surface area contributed by atoms with E-state index in [0.717, 1.165) is 47.9 Å². The summed E-state index contributed by atoms with van der Waals surface area (Å²) in [6, 6.07) is 13.7. The Kier molecular flexibility index (Phi) is 4.62. The molecule has 0 aromatic heterocycles. The summed E-state index contributed by atoms with van der Waals surface area (Å²) in [6.07, 6.45) is 5.09. The lowest BCUT2D eigenvalue weighted by atomic mass is 9.84. The summed E-state index contributed by atoms with van der Waals surface area (Å²) in [4.78, 5) is 12.8. The number of thioether (sulfide) groups is 1. The molecule has 0 radical (unpaired) electrons. The summed E-state index contributed by atoms with van der Waals surface area (Å²) >= 11 is 7.32. The van der Waals surface area contributed by atoms with E-state index in [1.54, 1.807) is 0 Å². The number of halogens is 1. The van der Waals surface area contributed by atoms with Crippen molar-refractivity contribution in [3.8, 4) is 11.1 Å². The molecule has 2 aromatic rings. The number of carbonyl (C=O) groups is 1. The van der Waals surface area contributed by atoms with Gasteiger partial charge in [0, 0.05) is 5.02 Å². The Hall–Kier alpha value is -1.71. The summed E-state index contributed by atoms with van der Waals surface area (Å²) in [5.74, 6) is 0.295. The van der Waals surface area contributed by atoms with Crippen LogP contribution in [0, 0.1) is 6.92 Å². The van der Waals surface area contributed by atoms with Gasteiger partial charge in [-0.2, -0.15) is 0 Å². The van der Waals surface area contributed by atoms with Gasteiger partial charge in [0.05, 0.1) is 10.3 Å². The van der Waals surface area contributed by atoms with Crippen LogP contribution >= 0.6 is 23.4 Å². The predicted octanol–water partition coefficient (Wildman–Crippen LogP) is 6.56. The lowest BCUT2D eigenvalue weighted by Crippen LogP contribution is -2.28. The third kappa shape index (κ3) is 2.97. The second kappa shape index (κ2) is 6.79. The molecule has 4 heteroatoms. The minimum Gasteiger partial charge on any atom is -0.510 e. The highest BCUT2D eigenvalue weighted by Gasteiger charge is 2.48. The van der Waals surface area contributed by atoms with E-state index >= 15 is 0 Å². The monoisotopic (exact) mass is 384 g/mol. The van der Waals surface area contributed by atoms with Crippen LogP contribution in [0.4, 0.5) is 0 Å². The molecule has 1 heterocycles. The van der Waals surface area contributed by atoms with Crippen molar-refractivity contribution in [3.63, 3.8) is 0 Å². The molecule has 2 nitrogen and oxygen atoms in total. The molecule has 1 spiro atoms. The van der Waals surface area contributed by atoms with E-state index in [1.807, 2.05) is 49.4 Å². The number of benzene rings is 2. The van der Waals surface area contributed by atoms with Gasteiger partial charge in [-0.3, -0.25) is 4.79 Å². The van der Waals surface area contributed by atoms with Crippen molar-refractivity contribution in [1.29, 1.82) is 0 Å². The Labute approximate surface area is 163 Å². The van der Waals surface area contributed by atoms with Crippen molar-refractivity contribution >= 4 is 34.1 Å². The zero-order chi connectivity index (χ0) is 18.3. The molecule has 0 atom stereocenters. The van der Waals surface area contributed by atoms with Crippen molar-refractivity contribution in [2.24, 2.45) is 0 Å². The van der Waals surface area contributed by atoms with Crippen LogP contribution in [0.1, 0.15) is 43.2 Å². The maximum atomic E-state index is 12.8. The highest BCUT2D eigenvalue weighted by Crippen LogP contribution is 2.54. The van der Waals surface area contributed by atoms with Gasteiger partial charge in [0.1, 0.15) is 5.76 Å². The van der Waals surface area contributed by atoms with Crippen LogP contribution < -0.4 is 0 Å². The molecular formula is C22H21ClO2S. The summed E-state index contributed by atoms with van der Waals surface area (Å²) in [6.45, 7) is 1.99. The molecule has 26 heavy (non-hydrogen) atoms. The molecular weight excluding hydrogens is 364 g/mol. The molecule has 0 unspecified atom stereocenters. The first-order valence-corrected chi connectivity index (χ1v) is 10.2. The SMILES string of the molecule is Cc1ccc(-c2ccc(Cl)cc2)cc1C1=C(O)C2(CCCCC2)SC1=O. The zero-order valence-electron chi connectivity index (χ0n) is 14.7. The van der Waals surface area contributed by atoms with Gasteiger partial charge in [0.25, 0.3) is 0 Å². The van der Waals surface area contributed by atoms with Crippen molar-refractivity contribution in [1.82, 2.24) is 0 Å². The second-order valence-corrected chi connectivity index (χ2v) is 9.00. The number of hydrogen-bond donors (Lipinski definition) is 1. The van der Waals surface area contributed by atoms with E-state index in [2.05, 4.69) is 0 Å². The zero-order valence-corrected chi connectivity index (χ0v) is 16.3. The van der Waals surface area contributed by atoms with Crippen LogP contribution in [0.15, 0.2) is 48.2 Å². The highest BCUT2D eigenvalue weighted by molar-refractivity contribution is 8.16. The van der Waals surface area contributed by atoms with Crippen LogP contribution in [-0.4, -0.2) is 15.0 Å². The number of rotatable bonds is 2. The van der Waals surface area contributed by atoms with Gasteiger partial charge < -0.3 is 5.11 Å². The number of aliphatic hydroxyl groups excluding tert-OH is 1. The van der Waals surface area contributed by atoms with Crippen molar-refractivity contribution in [2.75, 3.05) is 0 Å². The summed E-state index contributed by atoms with van der Waals surface area (Å²) in [7, 11) is 0. The standard InChI is InChI=1S/C22H21ClO2S/c1-14-5-6-16(15-7-9-17(23)10-8-15)13-18(14)19-20(24)22(26-21(19)25)11-3-2-4-12-22/h5-10,13,24H,2-4,11-12H2,1H3. The lowest BCUT2D eigenvalue weighted by Gasteiger charge is -2.31. The fraction of sp³-hybridized carbons (Fsp3) is 0.318. The Balaban J connectivity index is 1.80. The Morgan fingerprint density at radius 1 is 1.00 bits per heavy atom. The summed E-state index contributed by atoms with van der Waals surface area (Å²) in [5.41, 5.74) is 4.41. The first-order chi connectivity index (χ1) is 12.5. The molecule has 2 aromatic carbocycles. The number of aryl methyl sites for hydroxylation is 1. The smallest absolute Gasteiger partial charge is 0.224 e. The van der Waals surface area contributed by atoms with Gasteiger partial charge in [-0.1, -0.05) is 66.9 Å². The quantitative estimate of drug-likeness (QED) is 0.636.